The number of benzene rings is 2. The van der Waals surface area contributed by atoms with Gasteiger partial charge in [-0.2, -0.15) is 0 Å². The van der Waals surface area contributed by atoms with Gasteiger partial charge in [-0.1, -0.05) is 0 Å². The van der Waals surface area contributed by atoms with Gasteiger partial charge < -0.3 is 49.6 Å². The van der Waals surface area contributed by atoms with Gasteiger partial charge in [0.1, 0.15) is 41.1 Å². The van der Waals surface area contributed by atoms with E-state index in [1.165, 1.54) is 18.2 Å². The molecule has 5 atom stereocenters. The van der Waals surface area contributed by atoms with Crippen LogP contribution in [0.25, 0.3) is 22.3 Å². The summed E-state index contributed by atoms with van der Waals surface area (Å²) >= 11 is 0. The van der Waals surface area contributed by atoms with Crippen molar-refractivity contribution in [2.24, 2.45) is 0 Å². The van der Waals surface area contributed by atoms with Crippen molar-refractivity contribution in [1.82, 2.24) is 0 Å². The van der Waals surface area contributed by atoms with E-state index in [1.54, 1.807) is 6.92 Å². The molecule has 1 aliphatic rings. The predicted molar refractivity (Wildman–Crippen MR) is 112 cm³/mol. The lowest BCUT2D eigenvalue weighted by Crippen LogP contribution is -2.60. The van der Waals surface area contributed by atoms with Crippen LogP contribution in [0.5, 0.6) is 23.0 Å². The summed E-state index contributed by atoms with van der Waals surface area (Å²) in [5.74, 6) is -2.11. The molecule has 1 aliphatic heterocycles. The summed E-state index contributed by atoms with van der Waals surface area (Å²) < 4.78 is 16.7. The second-order valence-electron chi connectivity index (χ2n) is 7.77. The molecule has 0 bridgehead atoms. The van der Waals surface area contributed by atoms with Crippen LogP contribution in [0.3, 0.4) is 0 Å². The number of phenols is 3. The number of ether oxygens (including phenoxy) is 2. The Bertz CT molecular complexity index is 1250. The zero-order valence-corrected chi connectivity index (χ0v) is 17.2. The van der Waals surface area contributed by atoms with Crippen molar-refractivity contribution < 1.29 is 49.6 Å². The predicted octanol–water partition coefficient (Wildman–Crippen LogP) is 0.0639. The molecule has 2 aromatic carbocycles. The van der Waals surface area contributed by atoms with Gasteiger partial charge in [-0.05, 0) is 42.8 Å². The molecule has 1 aromatic heterocycles. The highest BCUT2D eigenvalue weighted by Crippen LogP contribution is 2.38. The number of fused-ring (bicyclic) bond motifs is 1. The number of aromatic hydroxyl groups is 3. The maximum Gasteiger partial charge on any atom is 0.239 e. The molecule has 0 radical (unpaired) electrons. The molecule has 0 saturated carbocycles. The van der Waals surface area contributed by atoms with Crippen LogP contribution in [0.2, 0.25) is 0 Å². The summed E-state index contributed by atoms with van der Waals surface area (Å²) in [6, 6.07) is 6.42. The van der Waals surface area contributed by atoms with E-state index >= 15 is 0 Å². The van der Waals surface area contributed by atoms with Crippen molar-refractivity contribution in [3.8, 4) is 34.3 Å². The molecule has 11 nitrogen and oxygen atoms in total. The van der Waals surface area contributed by atoms with Crippen molar-refractivity contribution in [2.75, 3.05) is 6.61 Å². The molecular formula is C22H22O11. The molecule has 176 valence electrons. The zero-order chi connectivity index (χ0) is 24.0. The Morgan fingerprint density at radius 3 is 2.33 bits per heavy atom. The van der Waals surface area contributed by atoms with Crippen molar-refractivity contribution in [2.45, 2.75) is 37.6 Å². The van der Waals surface area contributed by atoms with Gasteiger partial charge in [0.25, 0.3) is 0 Å². The lowest BCUT2D eigenvalue weighted by Gasteiger charge is -2.39. The van der Waals surface area contributed by atoms with Crippen LogP contribution in [0, 0.1) is 6.92 Å². The standard InChI is InChI=1S/C22H22O11/c1-8-4-12(26)15-13(5-8)31-20(9-2-3-10(24)11(25)6-9)21(17(15)28)33-22-19(30)18(29)16(27)14(7-23)32-22/h2-6,14,16,18-19,22-27,29-30H,7H2,1H3/t14?,16-,18?,19?,22+/m1/s1. The van der Waals surface area contributed by atoms with Crippen LogP contribution in [0.4, 0.5) is 0 Å². The molecule has 0 amide bonds. The number of hydrogen-bond acceptors (Lipinski definition) is 11. The molecule has 0 spiro atoms. The van der Waals surface area contributed by atoms with Gasteiger partial charge in [0.15, 0.2) is 17.3 Å². The minimum absolute atomic E-state index is 0.00113. The fraction of sp³-hybridized carbons (Fsp3) is 0.318. The third-order valence-corrected chi connectivity index (χ3v) is 5.40. The van der Waals surface area contributed by atoms with Crippen LogP contribution in [0.15, 0.2) is 39.5 Å². The number of aliphatic hydroxyl groups excluding tert-OH is 4. The second-order valence-corrected chi connectivity index (χ2v) is 7.77. The molecule has 3 aromatic rings. The fourth-order valence-electron chi connectivity index (χ4n) is 3.66. The minimum Gasteiger partial charge on any atom is -0.507 e. The number of aryl methyl sites for hydroxylation is 1. The smallest absolute Gasteiger partial charge is 0.239 e. The van der Waals surface area contributed by atoms with E-state index in [-0.39, 0.29) is 22.3 Å². The molecule has 11 heteroatoms. The van der Waals surface area contributed by atoms with Crippen molar-refractivity contribution >= 4 is 11.0 Å². The largest absolute Gasteiger partial charge is 0.507 e. The number of rotatable bonds is 4. The average Bonchev–Trinajstić information content (AvgIpc) is 2.76. The minimum atomic E-state index is -1.81. The molecule has 0 aliphatic carbocycles. The Labute approximate surface area is 185 Å². The molecule has 3 unspecified atom stereocenters. The maximum atomic E-state index is 13.3. The van der Waals surface area contributed by atoms with E-state index in [0.29, 0.717) is 5.56 Å². The topological polar surface area (TPSA) is 190 Å². The van der Waals surface area contributed by atoms with Crippen LogP contribution >= 0.6 is 0 Å². The highest BCUT2D eigenvalue weighted by Gasteiger charge is 2.45. The monoisotopic (exact) mass is 462 g/mol. The summed E-state index contributed by atoms with van der Waals surface area (Å²) in [4.78, 5) is 13.3. The number of phenolic OH excluding ortho intramolecular Hbond substituents is 3. The molecule has 4 rings (SSSR count). The second kappa shape index (κ2) is 8.54. The van der Waals surface area contributed by atoms with Gasteiger partial charge >= 0.3 is 0 Å². The normalized spacial score (nSPS) is 25.3. The van der Waals surface area contributed by atoms with E-state index in [9.17, 15) is 40.5 Å². The average molecular weight is 462 g/mol. The van der Waals surface area contributed by atoms with Crippen molar-refractivity contribution in [1.29, 1.82) is 0 Å². The highest BCUT2D eigenvalue weighted by molar-refractivity contribution is 5.87. The summed E-state index contributed by atoms with van der Waals surface area (Å²) in [6.45, 7) is 0.958. The first-order chi connectivity index (χ1) is 15.6. The molecule has 2 heterocycles. The van der Waals surface area contributed by atoms with E-state index in [1.807, 2.05) is 0 Å². The zero-order valence-electron chi connectivity index (χ0n) is 17.2. The van der Waals surface area contributed by atoms with E-state index in [2.05, 4.69) is 0 Å². The van der Waals surface area contributed by atoms with Crippen LogP contribution < -0.4 is 10.2 Å². The van der Waals surface area contributed by atoms with Gasteiger partial charge in [0, 0.05) is 5.56 Å². The van der Waals surface area contributed by atoms with Crippen LogP contribution in [-0.2, 0) is 4.74 Å². The highest BCUT2D eigenvalue weighted by atomic mass is 16.7. The Balaban J connectivity index is 1.91. The summed E-state index contributed by atoms with van der Waals surface area (Å²) in [5.41, 5.74) is -0.162. The van der Waals surface area contributed by atoms with Gasteiger partial charge in [0.2, 0.25) is 17.5 Å². The lowest BCUT2D eigenvalue weighted by atomic mass is 9.99. The van der Waals surface area contributed by atoms with E-state index in [4.69, 9.17) is 13.9 Å². The van der Waals surface area contributed by atoms with Crippen LogP contribution in [-0.4, -0.2) is 73.1 Å². The third kappa shape index (κ3) is 3.96. The molecule has 33 heavy (non-hydrogen) atoms. The molecule has 7 N–H and O–H groups in total. The first kappa shape index (κ1) is 22.8. The summed E-state index contributed by atoms with van der Waals surface area (Å²) in [5, 5.41) is 69.4. The first-order valence-corrected chi connectivity index (χ1v) is 9.92. The molecular weight excluding hydrogens is 440 g/mol. The Hall–Kier alpha value is -3.35. The summed E-state index contributed by atoms with van der Waals surface area (Å²) in [6.07, 6.45) is -8.22. The van der Waals surface area contributed by atoms with Gasteiger partial charge in [-0.3, -0.25) is 4.79 Å². The third-order valence-electron chi connectivity index (χ3n) is 5.40. The Kier molecular flexibility index (Phi) is 5.91. The van der Waals surface area contributed by atoms with E-state index in [0.717, 1.165) is 12.1 Å². The van der Waals surface area contributed by atoms with Gasteiger partial charge in [-0.15, -0.1) is 0 Å². The number of aliphatic hydroxyl groups is 4. The Morgan fingerprint density at radius 2 is 1.67 bits per heavy atom. The fourth-order valence-corrected chi connectivity index (χ4v) is 3.66. The number of hydrogen-bond donors (Lipinski definition) is 7. The van der Waals surface area contributed by atoms with Crippen LogP contribution in [0.1, 0.15) is 5.56 Å². The Morgan fingerprint density at radius 1 is 0.939 bits per heavy atom. The lowest BCUT2D eigenvalue weighted by molar-refractivity contribution is -0.277. The quantitative estimate of drug-likeness (QED) is 0.260. The summed E-state index contributed by atoms with van der Waals surface area (Å²) in [7, 11) is 0. The first-order valence-electron chi connectivity index (χ1n) is 9.92. The van der Waals surface area contributed by atoms with Crippen molar-refractivity contribution in [3.05, 3.63) is 46.1 Å². The van der Waals surface area contributed by atoms with Gasteiger partial charge in [0.05, 0.1) is 6.61 Å². The molecule has 1 fully saturated rings. The van der Waals surface area contributed by atoms with Gasteiger partial charge in [-0.25, -0.2) is 0 Å². The van der Waals surface area contributed by atoms with E-state index < -0.39 is 65.7 Å². The molecule has 1 saturated heterocycles. The SMILES string of the molecule is Cc1cc(O)c2c(=O)c(O[C@@H]3OC(CO)[C@@H](O)C(O)C3O)c(-c3ccc(O)c(O)c3)oc2c1. The maximum absolute atomic E-state index is 13.3. The van der Waals surface area contributed by atoms with Crippen molar-refractivity contribution in [3.63, 3.8) is 0 Å².